The van der Waals surface area contributed by atoms with Crippen molar-refractivity contribution in [1.29, 1.82) is 0 Å². The van der Waals surface area contributed by atoms with E-state index in [9.17, 15) is 34.8 Å². The van der Waals surface area contributed by atoms with E-state index >= 15 is 0 Å². The van der Waals surface area contributed by atoms with Gasteiger partial charge in [-0.15, -0.1) is 0 Å². The second-order valence-corrected chi connectivity index (χ2v) is 7.81. The van der Waals surface area contributed by atoms with Crippen LogP contribution in [0.2, 0.25) is 0 Å². The topological polar surface area (TPSA) is 212 Å². The van der Waals surface area contributed by atoms with E-state index in [0.717, 1.165) is 0 Å². The van der Waals surface area contributed by atoms with Crippen LogP contribution in [-0.2, 0) is 67.3 Å². The predicted molar refractivity (Wildman–Crippen MR) is 81.2 cm³/mol. The number of rotatable bonds is 12. The second-order valence-electron chi connectivity index (χ2n) is 3.83. The van der Waals surface area contributed by atoms with Crippen LogP contribution >= 0.6 is 0 Å². The van der Waals surface area contributed by atoms with Gasteiger partial charge in [-0.1, -0.05) is 0 Å². The summed E-state index contributed by atoms with van der Waals surface area (Å²) < 4.78 is 90.1. The summed E-state index contributed by atoms with van der Waals surface area (Å²) in [6.07, 6.45) is -1.53. The molecule has 1 atom stereocenters. The van der Waals surface area contributed by atoms with Gasteiger partial charge in [0.15, 0.2) is 5.25 Å². The third-order valence-corrected chi connectivity index (χ3v) is 4.51. The average molecular weight is 469 g/mol. The van der Waals surface area contributed by atoms with E-state index in [1.54, 1.807) is 0 Å². The van der Waals surface area contributed by atoms with E-state index in [0.29, 0.717) is 0 Å². The second kappa shape index (κ2) is 12.2. The van der Waals surface area contributed by atoms with Gasteiger partial charge in [-0.2, -0.15) is 25.3 Å². The minimum atomic E-state index is -5.33. The van der Waals surface area contributed by atoms with Crippen LogP contribution in [-0.4, -0.2) is 89.8 Å². The normalized spacial score (nSPS) is 13.3. The van der Waals surface area contributed by atoms with Crippen LogP contribution in [0.15, 0.2) is 0 Å². The van der Waals surface area contributed by atoms with Crippen molar-refractivity contribution in [2.75, 3.05) is 13.2 Å². The average Bonchev–Trinajstić information content (AvgIpc) is 2.47. The number of hydrogen-bond donors (Lipinski definition) is 1. The van der Waals surface area contributed by atoms with Crippen molar-refractivity contribution >= 4 is 72.4 Å². The Morgan fingerprint density at radius 2 is 1.26 bits per heavy atom. The van der Waals surface area contributed by atoms with E-state index in [1.807, 2.05) is 0 Å². The van der Waals surface area contributed by atoms with Crippen LogP contribution < -0.4 is 0 Å². The number of carbonyl (C=O) groups is 2. The molecule has 0 heterocycles. The molecule has 0 bridgehead atoms. The zero-order chi connectivity index (χ0) is 20.6. The van der Waals surface area contributed by atoms with Crippen LogP contribution in [0.3, 0.4) is 0 Å². The fourth-order valence-electron chi connectivity index (χ4n) is 1.03. The maximum absolute atomic E-state index is 11.5. The maximum Gasteiger partial charge on any atom is 0.435 e. The Hall–Kier alpha value is -0.410. The van der Waals surface area contributed by atoms with Crippen LogP contribution in [0.5, 0.6) is 0 Å². The molecule has 0 aromatic heterocycles. The van der Waals surface area contributed by atoms with E-state index in [1.165, 1.54) is 13.8 Å². The fourth-order valence-corrected chi connectivity index (χ4v) is 2.63. The molecule has 27 heavy (non-hydrogen) atoms. The molecule has 0 aromatic rings. The molecule has 0 aliphatic carbocycles. The molecular weight excluding hydrogens is 455 g/mol. The van der Waals surface area contributed by atoms with Gasteiger partial charge in [0.05, 0.1) is 19.6 Å². The smallest absolute Gasteiger partial charge is 0.285 e. The van der Waals surface area contributed by atoms with E-state index < -0.39 is 61.1 Å². The molecule has 0 aliphatic heterocycles. The van der Waals surface area contributed by atoms with Gasteiger partial charge in [-0.05, 0) is 22.5 Å². The summed E-state index contributed by atoms with van der Waals surface area (Å²) in [7, 11) is -14.9. The van der Waals surface area contributed by atoms with Crippen molar-refractivity contribution in [3.8, 4) is 0 Å². The molecule has 1 unspecified atom stereocenters. The van der Waals surface area contributed by atoms with Crippen LogP contribution in [0, 0.1) is 0 Å². The van der Waals surface area contributed by atoms with Crippen molar-refractivity contribution < 1.29 is 66.2 Å². The fraction of sp³-hybridized carbons (Fsp3) is 0.750. The molecule has 1 radical (unpaired) electrons. The van der Waals surface area contributed by atoms with Crippen LogP contribution in [0.1, 0.15) is 20.3 Å². The molecule has 0 amide bonds. The summed E-state index contributed by atoms with van der Waals surface area (Å²) in [6.45, 7) is 1.69. The van der Waals surface area contributed by atoms with E-state index in [4.69, 9.17) is 4.55 Å². The Balaban J connectivity index is 0. The molecule has 0 saturated heterocycles. The summed E-state index contributed by atoms with van der Waals surface area (Å²) in [5.74, 6) is -3.83. The third kappa shape index (κ3) is 12.6. The molecule has 1 N–H and O–H groups in total. The third-order valence-electron chi connectivity index (χ3n) is 1.91. The predicted octanol–water partition coefficient (Wildman–Crippen LogP) is -2.24. The van der Waals surface area contributed by atoms with Crippen molar-refractivity contribution in [2.45, 2.75) is 25.5 Å². The first-order chi connectivity index (χ1) is 11.7. The summed E-state index contributed by atoms with van der Waals surface area (Å²) in [4.78, 5) is 30.2. The molecule has 0 spiro atoms. The monoisotopic (exact) mass is 469 g/mol. The van der Waals surface area contributed by atoms with Gasteiger partial charge in [0.1, 0.15) is 0 Å². The zero-order valence-electron chi connectivity index (χ0n) is 14.1. The Morgan fingerprint density at radius 3 is 1.63 bits per heavy atom. The Labute approximate surface area is 176 Å². The Morgan fingerprint density at radius 1 is 0.852 bits per heavy atom. The first kappa shape index (κ1) is 28.8. The standard InChI is InChI=1S/C8H14O15S3.Na/c1-3-18-25(14,15)22-20-7(9)5-6(24(11,12)13)8(10)21-23-26(16,17)19-4-2;/h6H,3-5H2,1-2H3,(H,11,12,13);. The SMILES string of the molecule is CCOS(=O)(=O)OOC(=O)CC(C(=O)OOS(=O)(=O)OCC)S(=O)(=O)O.[Na]. The minimum absolute atomic E-state index is 0. The molecule has 0 aliphatic rings. The van der Waals surface area contributed by atoms with Gasteiger partial charge in [0, 0.05) is 29.6 Å². The van der Waals surface area contributed by atoms with Crippen molar-refractivity contribution in [1.82, 2.24) is 0 Å². The van der Waals surface area contributed by atoms with Crippen LogP contribution in [0.25, 0.3) is 0 Å². The van der Waals surface area contributed by atoms with Gasteiger partial charge in [-0.25, -0.2) is 18.0 Å². The minimum Gasteiger partial charge on any atom is -0.285 e. The zero-order valence-corrected chi connectivity index (χ0v) is 18.5. The molecule has 0 aromatic carbocycles. The summed E-state index contributed by atoms with van der Waals surface area (Å²) >= 11 is 0. The molecule has 0 saturated carbocycles. The van der Waals surface area contributed by atoms with Gasteiger partial charge in [-0.3, -0.25) is 14.3 Å². The van der Waals surface area contributed by atoms with Crippen LogP contribution in [0.4, 0.5) is 0 Å². The summed E-state index contributed by atoms with van der Waals surface area (Å²) in [5, 5.41) is -2.73. The first-order valence-corrected chi connectivity index (χ1v) is 10.4. The molecule has 155 valence electrons. The number of hydrogen-bond acceptors (Lipinski definition) is 14. The molecule has 0 fully saturated rings. The summed E-state index contributed by atoms with van der Waals surface area (Å²) in [6, 6.07) is 0. The molecule has 0 rings (SSSR count). The van der Waals surface area contributed by atoms with E-state index in [-0.39, 0.29) is 36.2 Å². The van der Waals surface area contributed by atoms with Crippen molar-refractivity contribution in [3.63, 3.8) is 0 Å². The number of carbonyl (C=O) groups excluding carboxylic acids is 2. The summed E-state index contributed by atoms with van der Waals surface area (Å²) in [5.41, 5.74) is 0. The molecule has 15 nitrogen and oxygen atoms in total. The first-order valence-electron chi connectivity index (χ1n) is 6.28. The van der Waals surface area contributed by atoms with Gasteiger partial charge in [0.25, 0.3) is 10.1 Å². The quantitative estimate of drug-likeness (QED) is 0.138. The largest absolute Gasteiger partial charge is 0.435 e. The van der Waals surface area contributed by atoms with Crippen molar-refractivity contribution in [3.05, 3.63) is 0 Å². The van der Waals surface area contributed by atoms with E-state index in [2.05, 4.69) is 26.8 Å². The molecule has 19 heteroatoms. The van der Waals surface area contributed by atoms with Crippen molar-refractivity contribution in [2.24, 2.45) is 0 Å². The van der Waals surface area contributed by atoms with Gasteiger partial charge in [0.2, 0.25) is 0 Å². The van der Waals surface area contributed by atoms with Gasteiger partial charge >= 0.3 is 32.7 Å². The Bertz CT molecular complexity index is 798. The maximum atomic E-state index is 11.5. The van der Waals surface area contributed by atoms with Gasteiger partial charge < -0.3 is 0 Å². The Kier molecular flexibility index (Phi) is 13.0. The molecular formula is C8H14NaO15S3.